The van der Waals surface area contributed by atoms with Crippen LogP contribution in [-0.4, -0.2) is 60.0 Å². The Bertz CT molecular complexity index is 515. The third kappa shape index (κ3) is 3.48. The van der Waals surface area contributed by atoms with E-state index in [4.69, 9.17) is 9.47 Å². The number of piperidine rings is 1. The lowest BCUT2D eigenvalue weighted by Gasteiger charge is -2.35. The number of carbonyl (C=O) groups is 1. The van der Waals surface area contributed by atoms with Gasteiger partial charge in [0, 0.05) is 18.2 Å². The van der Waals surface area contributed by atoms with Crippen molar-refractivity contribution in [3.8, 4) is 11.8 Å². The summed E-state index contributed by atoms with van der Waals surface area (Å²) >= 11 is 0. The van der Waals surface area contributed by atoms with Gasteiger partial charge in [-0.3, -0.25) is 9.69 Å². The maximum Gasteiger partial charge on any atom is 0.325 e. The molecule has 1 unspecified atom stereocenters. The molecular formula is C15H22N2O5. The minimum Gasteiger partial charge on any atom is -0.481 e. The van der Waals surface area contributed by atoms with Crippen molar-refractivity contribution >= 4 is 5.97 Å². The molecule has 1 aliphatic rings. The summed E-state index contributed by atoms with van der Waals surface area (Å²) in [6.07, 6.45) is 1.57. The zero-order valence-corrected chi connectivity index (χ0v) is 12.9. The number of nitrogens with zero attached hydrogens (tertiary/aromatic N) is 2. The molecule has 0 aromatic carbocycles. The smallest absolute Gasteiger partial charge is 0.325 e. The Morgan fingerprint density at radius 2 is 2.05 bits per heavy atom. The Hall–Kier alpha value is -1.86. The molecule has 0 amide bonds. The zero-order chi connectivity index (χ0) is 16.1. The number of hydrogen-bond donors (Lipinski definition) is 2. The molecule has 1 fully saturated rings. The van der Waals surface area contributed by atoms with E-state index in [-0.39, 0.29) is 18.4 Å². The highest BCUT2D eigenvalue weighted by molar-refractivity contribution is 5.76. The van der Waals surface area contributed by atoms with Crippen molar-refractivity contribution in [2.75, 3.05) is 33.9 Å². The number of methoxy groups -OCH3 is 2. The number of aliphatic hydroxyl groups is 1. The van der Waals surface area contributed by atoms with Crippen LogP contribution in [-0.2, 0) is 4.79 Å². The lowest BCUT2D eigenvalue weighted by Crippen LogP contribution is -2.41. The van der Waals surface area contributed by atoms with Crippen molar-refractivity contribution in [2.24, 2.45) is 5.92 Å². The standard InChI is InChI=1S/C15H22N2O5/c1-21-12-4-3-11(14(16-12)22-2)13(15(19)20)17-7-5-10(9-18)6-8-17/h3-4,10,13,18H,5-9H2,1-2H3,(H,19,20). The van der Waals surface area contributed by atoms with Crippen LogP contribution in [0.25, 0.3) is 0 Å². The number of ether oxygens (including phenoxy) is 2. The molecule has 7 nitrogen and oxygen atoms in total. The molecule has 1 saturated heterocycles. The Kier molecular flexibility index (Phi) is 5.57. The number of aliphatic carboxylic acids is 1. The molecular weight excluding hydrogens is 288 g/mol. The number of aliphatic hydroxyl groups excluding tert-OH is 1. The Morgan fingerprint density at radius 1 is 1.36 bits per heavy atom. The van der Waals surface area contributed by atoms with Crippen LogP contribution in [0.15, 0.2) is 12.1 Å². The molecule has 0 bridgehead atoms. The lowest BCUT2D eigenvalue weighted by molar-refractivity contribution is -0.144. The van der Waals surface area contributed by atoms with Crippen LogP contribution >= 0.6 is 0 Å². The van der Waals surface area contributed by atoms with Gasteiger partial charge in [0.15, 0.2) is 0 Å². The van der Waals surface area contributed by atoms with Gasteiger partial charge in [-0.15, -0.1) is 0 Å². The maximum absolute atomic E-state index is 11.8. The quantitative estimate of drug-likeness (QED) is 0.807. The van der Waals surface area contributed by atoms with Gasteiger partial charge in [0.05, 0.1) is 14.2 Å². The van der Waals surface area contributed by atoms with Crippen LogP contribution < -0.4 is 9.47 Å². The molecule has 7 heteroatoms. The van der Waals surface area contributed by atoms with E-state index in [0.29, 0.717) is 24.5 Å². The fraction of sp³-hybridized carbons (Fsp3) is 0.600. The monoisotopic (exact) mass is 310 g/mol. The number of carboxylic acids is 1. The molecule has 0 radical (unpaired) electrons. The summed E-state index contributed by atoms with van der Waals surface area (Å²) in [5, 5.41) is 18.8. The predicted molar refractivity (Wildman–Crippen MR) is 79.1 cm³/mol. The Balaban J connectivity index is 2.27. The van der Waals surface area contributed by atoms with E-state index >= 15 is 0 Å². The number of pyridine rings is 1. The van der Waals surface area contributed by atoms with Crippen molar-refractivity contribution in [1.29, 1.82) is 0 Å². The van der Waals surface area contributed by atoms with Crippen molar-refractivity contribution in [3.63, 3.8) is 0 Å². The molecule has 1 aromatic rings. The van der Waals surface area contributed by atoms with E-state index in [1.54, 1.807) is 12.1 Å². The molecule has 1 atom stereocenters. The van der Waals surface area contributed by atoms with Gasteiger partial charge in [0.1, 0.15) is 6.04 Å². The largest absolute Gasteiger partial charge is 0.481 e. The molecule has 1 aliphatic heterocycles. The SMILES string of the molecule is COc1ccc(C(C(=O)O)N2CCC(CO)CC2)c(OC)n1. The maximum atomic E-state index is 11.8. The summed E-state index contributed by atoms with van der Waals surface area (Å²) in [5.74, 6) is -0.0472. The van der Waals surface area contributed by atoms with Gasteiger partial charge in [0.25, 0.3) is 0 Å². The van der Waals surface area contributed by atoms with Crippen LogP contribution in [0.3, 0.4) is 0 Å². The van der Waals surface area contributed by atoms with Crippen LogP contribution in [0.2, 0.25) is 0 Å². The van der Waals surface area contributed by atoms with Gasteiger partial charge >= 0.3 is 5.97 Å². The minimum absolute atomic E-state index is 0.152. The van der Waals surface area contributed by atoms with E-state index < -0.39 is 12.0 Å². The average molecular weight is 310 g/mol. The van der Waals surface area contributed by atoms with Crippen LogP contribution in [0, 0.1) is 5.92 Å². The summed E-state index contributed by atoms with van der Waals surface area (Å²) in [6.45, 7) is 1.40. The second kappa shape index (κ2) is 7.42. The van der Waals surface area contributed by atoms with Crippen molar-refractivity contribution in [1.82, 2.24) is 9.88 Å². The van der Waals surface area contributed by atoms with E-state index in [1.807, 2.05) is 4.90 Å². The van der Waals surface area contributed by atoms with Gasteiger partial charge in [-0.1, -0.05) is 0 Å². The predicted octanol–water partition coefficient (Wildman–Crippen LogP) is 0.929. The number of aromatic nitrogens is 1. The van der Waals surface area contributed by atoms with Gasteiger partial charge in [-0.2, -0.15) is 4.98 Å². The summed E-state index contributed by atoms with van der Waals surface area (Å²) in [5.41, 5.74) is 0.512. The van der Waals surface area contributed by atoms with Gasteiger partial charge in [0.2, 0.25) is 11.8 Å². The first-order chi connectivity index (χ1) is 10.6. The van der Waals surface area contributed by atoms with E-state index in [9.17, 15) is 15.0 Å². The highest BCUT2D eigenvalue weighted by Gasteiger charge is 2.33. The molecule has 2 heterocycles. The molecule has 0 saturated carbocycles. The fourth-order valence-electron chi connectivity index (χ4n) is 2.80. The van der Waals surface area contributed by atoms with E-state index in [2.05, 4.69) is 4.98 Å². The molecule has 22 heavy (non-hydrogen) atoms. The molecule has 0 aliphatic carbocycles. The highest BCUT2D eigenvalue weighted by Crippen LogP contribution is 2.32. The minimum atomic E-state index is -0.937. The first-order valence-electron chi connectivity index (χ1n) is 7.27. The van der Waals surface area contributed by atoms with Crippen molar-refractivity contribution in [2.45, 2.75) is 18.9 Å². The topological polar surface area (TPSA) is 92.1 Å². The first kappa shape index (κ1) is 16.5. The molecule has 0 spiro atoms. The average Bonchev–Trinajstić information content (AvgIpc) is 2.55. The fourth-order valence-corrected chi connectivity index (χ4v) is 2.80. The van der Waals surface area contributed by atoms with Gasteiger partial charge in [-0.25, -0.2) is 0 Å². The molecule has 2 rings (SSSR count). The molecule has 2 N–H and O–H groups in total. The first-order valence-corrected chi connectivity index (χ1v) is 7.27. The van der Waals surface area contributed by atoms with Gasteiger partial charge in [-0.05, 0) is 37.9 Å². The lowest BCUT2D eigenvalue weighted by atomic mass is 9.95. The number of hydrogen-bond acceptors (Lipinski definition) is 6. The zero-order valence-electron chi connectivity index (χ0n) is 12.9. The normalized spacial score (nSPS) is 18.0. The van der Waals surface area contributed by atoms with Crippen LogP contribution in [0.4, 0.5) is 0 Å². The third-order valence-corrected chi connectivity index (χ3v) is 4.07. The van der Waals surface area contributed by atoms with E-state index in [1.165, 1.54) is 14.2 Å². The van der Waals surface area contributed by atoms with Crippen LogP contribution in [0.5, 0.6) is 11.8 Å². The Morgan fingerprint density at radius 3 is 2.55 bits per heavy atom. The summed E-state index contributed by atoms with van der Waals surface area (Å²) < 4.78 is 10.3. The van der Waals surface area contributed by atoms with Crippen molar-refractivity contribution in [3.05, 3.63) is 17.7 Å². The second-order valence-electron chi connectivity index (χ2n) is 5.35. The Labute approximate surface area is 129 Å². The number of rotatable bonds is 6. The van der Waals surface area contributed by atoms with Crippen molar-refractivity contribution < 1.29 is 24.5 Å². The summed E-state index contributed by atoms with van der Waals surface area (Å²) in [4.78, 5) is 17.8. The molecule has 122 valence electrons. The third-order valence-electron chi connectivity index (χ3n) is 4.07. The highest BCUT2D eigenvalue weighted by atomic mass is 16.5. The van der Waals surface area contributed by atoms with E-state index in [0.717, 1.165) is 12.8 Å². The molecule has 1 aromatic heterocycles. The summed E-state index contributed by atoms with van der Waals surface area (Å²) in [6, 6.07) is 2.50. The second-order valence-corrected chi connectivity index (χ2v) is 5.35. The number of carboxylic acid groups (broad SMARTS) is 1. The van der Waals surface area contributed by atoms with Crippen LogP contribution in [0.1, 0.15) is 24.4 Å². The van der Waals surface area contributed by atoms with Gasteiger partial charge < -0.3 is 19.7 Å². The summed E-state index contributed by atoms with van der Waals surface area (Å²) in [7, 11) is 2.96. The number of likely N-dealkylation sites (tertiary alicyclic amines) is 1.